The predicted molar refractivity (Wildman–Crippen MR) is 55.8 cm³/mol. The van der Waals surface area contributed by atoms with Crippen molar-refractivity contribution in [2.75, 3.05) is 26.9 Å². The van der Waals surface area contributed by atoms with Gasteiger partial charge in [-0.15, -0.1) is 0 Å². The molecule has 1 saturated carbocycles. The normalized spacial score (nSPS) is 18.5. The SMILES string of the molecule is COCCOCC1(CC(N)=S)CC1. The van der Waals surface area contributed by atoms with E-state index in [0.717, 1.165) is 13.0 Å². The van der Waals surface area contributed by atoms with Crippen LogP contribution < -0.4 is 5.73 Å². The lowest BCUT2D eigenvalue weighted by atomic mass is 10.0. The van der Waals surface area contributed by atoms with Crippen LogP contribution in [-0.4, -0.2) is 31.9 Å². The maximum Gasteiger partial charge on any atom is 0.0733 e. The van der Waals surface area contributed by atoms with Crippen LogP contribution in [-0.2, 0) is 9.47 Å². The summed E-state index contributed by atoms with van der Waals surface area (Å²) in [4.78, 5) is 0.604. The molecule has 3 nitrogen and oxygen atoms in total. The van der Waals surface area contributed by atoms with Crippen molar-refractivity contribution in [3.63, 3.8) is 0 Å². The van der Waals surface area contributed by atoms with E-state index < -0.39 is 0 Å². The largest absolute Gasteiger partial charge is 0.393 e. The van der Waals surface area contributed by atoms with E-state index in [0.29, 0.717) is 18.2 Å². The third kappa shape index (κ3) is 4.02. The van der Waals surface area contributed by atoms with E-state index in [-0.39, 0.29) is 5.41 Å². The Kier molecular flexibility index (Phi) is 4.09. The zero-order valence-corrected chi connectivity index (χ0v) is 8.86. The summed E-state index contributed by atoms with van der Waals surface area (Å²) < 4.78 is 10.3. The Morgan fingerprint density at radius 2 is 2.15 bits per heavy atom. The van der Waals surface area contributed by atoms with Crippen LogP contribution in [0.25, 0.3) is 0 Å². The fourth-order valence-electron chi connectivity index (χ4n) is 1.35. The van der Waals surface area contributed by atoms with Crippen molar-refractivity contribution in [2.45, 2.75) is 19.3 Å². The van der Waals surface area contributed by atoms with Crippen LogP contribution in [0.3, 0.4) is 0 Å². The van der Waals surface area contributed by atoms with Crippen molar-refractivity contribution in [1.29, 1.82) is 0 Å². The number of ether oxygens (including phenoxy) is 2. The Balaban J connectivity index is 2.09. The van der Waals surface area contributed by atoms with Gasteiger partial charge in [-0.3, -0.25) is 0 Å². The summed E-state index contributed by atoms with van der Waals surface area (Å²) >= 11 is 4.88. The first-order chi connectivity index (χ1) is 6.18. The standard InChI is InChI=1S/C9H17NO2S/c1-11-4-5-12-7-9(2-3-9)6-8(10)13/h2-7H2,1H3,(H2,10,13). The van der Waals surface area contributed by atoms with Crippen LogP contribution in [0.2, 0.25) is 0 Å². The van der Waals surface area contributed by atoms with Crippen LogP contribution in [0.15, 0.2) is 0 Å². The van der Waals surface area contributed by atoms with Gasteiger partial charge in [0.1, 0.15) is 0 Å². The molecule has 0 aliphatic heterocycles. The van der Waals surface area contributed by atoms with Gasteiger partial charge < -0.3 is 15.2 Å². The van der Waals surface area contributed by atoms with Gasteiger partial charge in [0.15, 0.2) is 0 Å². The molecule has 0 heterocycles. The second kappa shape index (κ2) is 4.88. The molecule has 0 bridgehead atoms. The molecule has 76 valence electrons. The van der Waals surface area contributed by atoms with Crippen molar-refractivity contribution < 1.29 is 9.47 Å². The van der Waals surface area contributed by atoms with E-state index >= 15 is 0 Å². The highest BCUT2D eigenvalue weighted by atomic mass is 32.1. The quantitative estimate of drug-likeness (QED) is 0.497. The summed E-state index contributed by atoms with van der Waals surface area (Å²) in [7, 11) is 1.67. The third-order valence-electron chi connectivity index (χ3n) is 2.35. The van der Waals surface area contributed by atoms with Crippen molar-refractivity contribution in [1.82, 2.24) is 0 Å². The van der Waals surface area contributed by atoms with E-state index in [2.05, 4.69) is 0 Å². The monoisotopic (exact) mass is 203 g/mol. The average Bonchev–Trinajstić information content (AvgIpc) is 2.78. The molecule has 0 atom stereocenters. The molecule has 1 aliphatic carbocycles. The van der Waals surface area contributed by atoms with Crippen LogP contribution in [0, 0.1) is 5.41 Å². The second-order valence-corrected chi connectivity index (χ2v) is 4.21. The highest BCUT2D eigenvalue weighted by Gasteiger charge is 2.43. The van der Waals surface area contributed by atoms with Crippen LogP contribution >= 0.6 is 12.2 Å². The van der Waals surface area contributed by atoms with Crippen LogP contribution in [0.4, 0.5) is 0 Å². The number of hydrogen-bond donors (Lipinski definition) is 1. The lowest BCUT2D eigenvalue weighted by Crippen LogP contribution is -2.20. The van der Waals surface area contributed by atoms with E-state index in [1.807, 2.05) is 0 Å². The van der Waals surface area contributed by atoms with Gasteiger partial charge >= 0.3 is 0 Å². The summed E-state index contributed by atoms with van der Waals surface area (Å²) in [6.45, 7) is 2.09. The lowest BCUT2D eigenvalue weighted by Gasteiger charge is -2.13. The molecule has 4 heteroatoms. The molecular formula is C9H17NO2S. The number of thiocarbonyl (C=S) groups is 1. The molecule has 0 spiro atoms. The first kappa shape index (κ1) is 10.9. The van der Waals surface area contributed by atoms with Gasteiger partial charge in [0, 0.05) is 18.9 Å². The molecule has 0 saturated heterocycles. The topological polar surface area (TPSA) is 44.5 Å². The molecule has 1 fully saturated rings. The number of rotatable bonds is 7. The van der Waals surface area contributed by atoms with Gasteiger partial charge in [0.2, 0.25) is 0 Å². The second-order valence-electron chi connectivity index (χ2n) is 3.69. The predicted octanol–water partition coefficient (Wildman–Crippen LogP) is 1.11. The minimum Gasteiger partial charge on any atom is -0.393 e. The summed E-state index contributed by atoms with van der Waals surface area (Å²) in [5.74, 6) is 0. The van der Waals surface area contributed by atoms with Crippen molar-refractivity contribution in [3.8, 4) is 0 Å². The first-order valence-corrected chi connectivity index (χ1v) is 4.94. The summed E-state index contributed by atoms with van der Waals surface area (Å²) in [5, 5.41) is 0. The third-order valence-corrected chi connectivity index (χ3v) is 2.49. The summed E-state index contributed by atoms with van der Waals surface area (Å²) in [6, 6.07) is 0. The minimum atomic E-state index is 0.277. The number of nitrogens with two attached hydrogens (primary N) is 1. The Bertz CT molecular complexity index is 180. The summed E-state index contributed by atoms with van der Waals surface area (Å²) in [6.07, 6.45) is 3.21. The van der Waals surface area contributed by atoms with Gasteiger partial charge in [-0.25, -0.2) is 0 Å². The molecule has 1 aliphatic rings. The lowest BCUT2D eigenvalue weighted by molar-refractivity contribution is 0.0470. The van der Waals surface area contributed by atoms with Crippen LogP contribution in [0.1, 0.15) is 19.3 Å². The average molecular weight is 203 g/mol. The Hall–Kier alpha value is -0.190. The van der Waals surface area contributed by atoms with Gasteiger partial charge in [0.05, 0.1) is 24.8 Å². The fraction of sp³-hybridized carbons (Fsp3) is 0.889. The molecule has 0 aromatic carbocycles. The Morgan fingerprint density at radius 1 is 1.46 bits per heavy atom. The van der Waals surface area contributed by atoms with Crippen molar-refractivity contribution in [2.24, 2.45) is 11.1 Å². The van der Waals surface area contributed by atoms with E-state index in [1.165, 1.54) is 12.8 Å². The van der Waals surface area contributed by atoms with E-state index in [4.69, 9.17) is 27.4 Å². The van der Waals surface area contributed by atoms with Crippen molar-refractivity contribution in [3.05, 3.63) is 0 Å². The Labute approximate surface area is 84.6 Å². The summed E-state index contributed by atoms with van der Waals surface area (Å²) in [5.41, 5.74) is 5.78. The highest BCUT2D eigenvalue weighted by Crippen LogP contribution is 2.48. The highest BCUT2D eigenvalue weighted by molar-refractivity contribution is 7.80. The number of methoxy groups -OCH3 is 1. The smallest absolute Gasteiger partial charge is 0.0733 e. The number of hydrogen-bond acceptors (Lipinski definition) is 3. The zero-order chi connectivity index (χ0) is 9.73. The van der Waals surface area contributed by atoms with Gasteiger partial charge in [-0.2, -0.15) is 0 Å². The molecule has 2 N–H and O–H groups in total. The molecular weight excluding hydrogens is 186 g/mol. The Morgan fingerprint density at radius 3 is 2.62 bits per heavy atom. The van der Waals surface area contributed by atoms with E-state index in [9.17, 15) is 0 Å². The van der Waals surface area contributed by atoms with Crippen molar-refractivity contribution >= 4 is 17.2 Å². The first-order valence-electron chi connectivity index (χ1n) is 4.53. The minimum absolute atomic E-state index is 0.277. The van der Waals surface area contributed by atoms with Gasteiger partial charge in [-0.1, -0.05) is 12.2 Å². The molecule has 0 aromatic heterocycles. The molecule has 0 aromatic rings. The fourth-order valence-corrected chi connectivity index (χ4v) is 1.66. The van der Waals surface area contributed by atoms with Gasteiger partial charge in [-0.05, 0) is 12.8 Å². The molecule has 0 unspecified atom stereocenters. The maximum atomic E-state index is 5.50. The molecule has 0 radical (unpaired) electrons. The molecule has 1 rings (SSSR count). The van der Waals surface area contributed by atoms with E-state index in [1.54, 1.807) is 7.11 Å². The zero-order valence-electron chi connectivity index (χ0n) is 8.04. The van der Waals surface area contributed by atoms with Gasteiger partial charge in [0.25, 0.3) is 0 Å². The molecule has 0 amide bonds. The maximum absolute atomic E-state index is 5.50. The van der Waals surface area contributed by atoms with Crippen LogP contribution in [0.5, 0.6) is 0 Å². The molecule has 13 heavy (non-hydrogen) atoms.